The molecule has 328 valence electrons. The van der Waals surface area contributed by atoms with E-state index >= 15 is 4.39 Å². The highest BCUT2D eigenvalue weighted by Crippen LogP contribution is 2.62. The predicted octanol–water partition coefficient (Wildman–Crippen LogP) is 18.0. The van der Waals surface area contributed by atoms with Crippen LogP contribution in [0.4, 0.5) is 38.5 Å². The monoisotopic (exact) mass is 880 g/mol. The normalized spacial score (nSPS) is 13.6. The third kappa shape index (κ3) is 6.54. The average Bonchev–Trinajstić information content (AvgIpc) is 3.97. The smallest absolute Gasteiger partial charge is 0.148 e. The second kappa shape index (κ2) is 16.0. The molecule has 1 heterocycles. The molecule has 0 bridgehead atoms. The summed E-state index contributed by atoms with van der Waals surface area (Å²) in [6.07, 6.45) is 0. The first-order chi connectivity index (χ1) is 33.2. The van der Waals surface area contributed by atoms with Crippen LogP contribution in [-0.2, 0) is 10.8 Å². The van der Waals surface area contributed by atoms with Gasteiger partial charge in [-0.05, 0) is 112 Å². The molecule has 1 aromatic heterocycles. The fourth-order valence-corrected chi connectivity index (χ4v) is 11.0. The highest BCUT2D eigenvalue weighted by atomic mass is 19.1. The molecule has 0 radical (unpaired) electrons. The molecule has 0 saturated carbocycles. The highest BCUT2D eigenvalue weighted by Gasteiger charge is 2.50. The number of fused-ring (bicyclic) bond motifs is 7. The van der Waals surface area contributed by atoms with Crippen molar-refractivity contribution in [2.24, 2.45) is 0 Å². The van der Waals surface area contributed by atoms with E-state index in [1.807, 2.05) is 66.7 Å². The standard InChI is InChI=1S/C64H49FN2O/c1-63(2)54-40-48(66(46-28-16-8-17-29-46)57-33-21-20-32-50(57)43-24-12-6-13-25-43)34-36-51(54)61-58(63)59-62(68-61)52-37-35-49(41-55(52)64(59,3)4)67(47-30-18-9-19-31-47)60-53(44-26-14-7-15-27-44)38-45(39-56(60)65)42-22-10-5-11-23-42/h5-41H,1-4H3. The zero-order valence-corrected chi connectivity index (χ0v) is 38.5. The Hall–Kier alpha value is -8.21. The molecule has 2 aliphatic carbocycles. The van der Waals surface area contributed by atoms with Gasteiger partial charge in [-0.1, -0.05) is 173 Å². The van der Waals surface area contributed by atoms with E-state index in [1.54, 1.807) is 6.07 Å². The lowest BCUT2D eigenvalue weighted by Gasteiger charge is -2.31. The summed E-state index contributed by atoms with van der Waals surface area (Å²) in [7, 11) is 0. The number of hydrogen-bond acceptors (Lipinski definition) is 3. The first-order valence-corrected chi connectivity index (χ1v) is 23.5. The van der Waals surface area contributed by atoms with Crippen molar-refractivity contribution >= 4 is 34.1 Å². The molecule has 0 N–H and O–H groups in total. The van der Waals surface area contributed by atoms with Gasteiger partial charge in [0.15, 0.2) is 0 Å². The molecule has 68 heavy (non-hydrogen) atoms. The van der Waals surface area contributed by atoms with Crippen molar-refractivity contribution in [1.29, 1.82) is 0 Å². The lowest BCUT2D eigenvalue weighted by atomic mass is 9.74. The molecule has 9 aromatic carbocycles. The molecule has 0 spiro atoms. The van der Waals surface area contributed by atoms with Gasteiger partial charge in [-0.3, -0.25) is 0 Å². The molecular formula is C64H49FN2O. The van der Waals surface area contributed by atoms with E-state index in [0.717, 1.165) is 84.5 Å². The Kier molecular flexibility index (Phi) is 9.70. The van der Waals surface area contributed by atoms with Crippen LogP contribution < -0.4 is 9.80 Å². The third-order valence-electron chi connectivity index (χ3n) is 14.3. The van der Waals surface area contributed by atoms with Crippen LogP contribution in [0.3, 0.4) is 0 Å². The van der Waals surface area contributed by atoms with Gasteiger partial charge in [-0.15, -0.1) is 0 Å². The van der Waals surface area contributed by atoms with Crippen molar-refractivity contribution in [1.82, 2.24) is 0 Å². The number of rotatable bonds is 9. The number of benzene rings is 9. The van der Waals surface area contributed by atoms with Gasteiger partial charge in [0.25, 0.3) is 0 Å². The van der Waals surface area contributed by atoms with Crippen LogP contribution in [0.5, 0.6) is 0 Å². The van der Waals surface area contributed by atoms with Crippen molar-refractivity contribution in [2.75, 3.05) is 9.80 Å². The number of para-hydroxylation sites is 3. The van der Waals surface area contributed by atoms with Gasteiger partial charge in [0.05, 0.1) is 11.4 Å². The molecule has 0 unspecified atom stereocenters. The van der Waals surface area contributed by atoms with E-state index in [9.17, 15) is 0 Å². The van der Waals surface area contributed by atoms with Crippen molar-refractivity contribution in [3.8, 4) is 56.0 Å². The van der Waals surface area contributed by atoms with Crippen molar-refractivity contribution in [2.45, 2.75) is 38.5 Å². The molecule has 0 amide bonds. The topological polar surface area (TPSA) is 19.6 Å². The fourth-order valence-electron chi connectivity index (χ4n) is 11.0. The Morgan fingerprint density at radius 1 is 0.353 bits per heavy atom. The number of hydrogen-bond donors (Lipinski definition) is 0. The fraction of sp³-hybridized carbons (Fsp3) is 0.0938. The zero-order chi connectivity index (χ0) is 46.1. The zero-order valence-electron chi connectivity index (χ0n) is 38.5. The molecule has 3 nitrogen and oxygen atoms in total. The van der Waals surface area contributed by atoms with Crippen LogP contribution in [0.1, 0.15) is 49.9 Å². The van der Waals surface area contributed by atoms with E-state index in [4.69, 9.17) is 4.42 Å². The van der Waals surface area contributed by atoms with Gasteiger partial charge in [0.1, 0.15) is 17.3 Å². The minimum absolute atomic E-state index is 0.299. The van der Waals surface area contributed by atoms with E-state index in [1.165, 1.54) is 22.3 Å². The average molecular weight is 881 g/mol. The number of nitrogens with zero attached hydrogens (tertiary/aromatic N) is 2. The van der Waals surface area contributed by atoms with Crippen LogP contribution in [0.2, 0.25) is 0 Å². The van der Waals surface area contributed by atoms with Crippen molar-refractivity contribution in [3.63, 3.8) is 0 Å². The van der Waals surface area contributed by atoms with Gasteiger partial charge in [-0.25, -0.2) is 4.39 Å². The van der Waals surface area contributed by atoms with Gasteiger partial charge in [-0.2, -0.15) is 0 Å². The van der Waals surface area contributed by atoms with E-state index < -0.39 is 5.41 Å². The number of anilines is 6. The van der Waals surface area contributed by atoms with Crippen LogP contribution in [0, 0.1) is 5.82 Å². The second-order valence-corrected chi connectivity index (χ2v) is 19.0. The summed E-state index contributed by atoms with van der Waals surface area (Å²) in [5, 5.41) is 0. The quantitative estimate of drug-likeness (QED) is 0.144. The van der Waals surface area contributed by atoms with Gasteiger partial charge >= 0.3 is 0 Å². The van der Waals surface area contributed by atoms with Crippen molar-refractivity contribution in [3.05, 3.63) is 253 Å². The molecule has 0 aliphatic heterocycles. The first-order valence-electron chi connectivity index (χ1n) is 23.5. The molecule has 0 fully saturated rings. The largest absolute Gasteiger partial charge is 0.455 e. The molecule has 2 aliphatic rings. The molecule has 10 aromatic rings. The molecular weight excluding hydrogens is 832 g/mol. The Labute approximate surface area is 398 Å². The summed E-state index contributed by atoms with van der Waals surface area (Å²) < 4.78 is 24.5. The summed E-state index contributed by atoms with van der Waals surface area (Å²) in [6, 6.07) is 77.5. The van der Waals surface area contributed by atoms with E-state index in [-0.39, 0.29) is 11.2 Å². The van der Waals surface area contributed by atoms with Crippen LogP contribution in [0.15, 0.2) is 229 Å². The van der Waals surface area contributed by atoms with Gasteiger partial charge < -0.3 is 14.2 Å². The van der Waals surface area contributed by atoms with Crippen molar-refractivity contribution < 1.29 is 8.81 Å². The minimum Gasteiger partial charge on any atom is -0.455 e. The summed E-state index contributed by atoms with van der Waals surface area (Å²) in [4.78, 5) is 4.47. The maximum Gasteiger partial charge on any atom is 0.148 e. The summed E-state index contributed by atoms with van der Waals surface area (Å²) in [6.45, 7) is 9.32. The lowest BCUT2D eigenvalue weighted by Crippen LogP contribution is -2.23. The Morgan fingerprint density at radius 3 is 1.31 bits per heavy atom. The Bertz CT molecular complexity index is 3510. The molecule has 0 saturated heterocycles. The maximum atomic E-state index is 17.4. The van der Waals surface area contributed by atoms with Crippen LogP contribution >= 0.6 is 0 Å². The Balaban J connectivity index is 0.975. The number of furan rings is 1. The van der Waals surface area contributed by atoms with E-state index in [2.05, 4.69) is 189 Å². The molecule has 4 heteroatoms. The summed E-state index contributed by atoms with van der Waals surface area (Å²) >= 11 is 0. The van der Waals surface area contributed by atoms with Gasteiger partial charge in [0.2, 0.25) is 0 Å². The molecule has 0 atom stereocenters. The first kappa shape index (κ1) is 41.2. The summed E-state index contributed by atoms with van der Waals surface area (Å²) in [5.74, 6) is 1.56. The number of halogens is 1. The third-order valence-corrected chi connectivity index (χ3v) is 14.3. The van der Waals surface area contributed by atoms with E-state index in [0.29, 0.717) is 5.69 Å². The summed E-state index contributed by atoms with van der Waals surface area (Å²) in [5.41, 5.74) is 17.6. The lowest BCUT2D eigenvalue weighted by molar-refractivity contribution is 0.592. The van der Waals surface area contributed by atoms with Crippen LogP contribution in [-0.4, -0.2) is 0 Å². The second-order valence-electron chi connectivity index (χ2n) is 19.0. The minimum atomic E-state index is -0.440. The molecule has 12 rings (SSSR count). The van der Waals surface area contributed by atoms with Gasteiger partial charge in [0, 0.05) is 67.0 Å². The predicted molar refractivity (Wildman–Crippen MR) is 279 cm³/mol. The SMILES string of the molecule is CC1(C)c2cc(N(c3ccccc3)c3ccccc3-c3ccccc3)ccc2-c2oc3c(c21)C(C)(C)c1cc(N(c2ccccc2)c2c(F)cc(-c4ccccc4)cc2-c2ccccc2)ccc1-3. The maximum absolute atomic E-state index is 17.4. The van der Waals surface area contributed by atoms with Crippen LogP contribution in [0.25, 0.3) is 56.0 Å². The highest BCUT2D eigenvalue weighted by molar-refractivity contribution is 5.95. The Morgan fingerprint density at radius 2 is 0.779 bits per heavy atom.